The van der Waals surface area contributed by atoms with Gasteiger partial charge in [-0.15, -0.1) is 0 Å². The van der Waals surface area contributed by atoms with Crippen LogP contribution in [-0.2, 0) is 14.9 Å². The molecule has 3 nitrogen and oxygen atoms in total. The van der Waals surface area contributed by atoms with Crippen LogP contribution in [0.15, 0.2) is 30.3 Å². The molecular weight excluding hydrogens is 310 g/mol. The molecule has 0 radical (unpaired) electrons. The average molecular weight is 346 g/mol. The van der Waals surface area contributed by atoms with Gasteiger partial charge in [0.2, 0.25) is 0 Å². The maximum Gasteiger partial charge on any atom is 0.316 e. The van der Waals surface area contributed by atoms with Crippen LogP contribution >= 0.6 is 0 Å². The number of carbonyl (C=O) groups is 1. The number of esters is 1. The van der Waals surface area contributed by atoms with Gasteiger partial charge in [-0.2, -0.15) is 0 Å². The Bertz CT molecular complexity index is 486. The van der Waals surface area contributed by atoms with Gasteiger partial charge in [0.05, 0.1) is 5.41 Å². The van der Waals surface area contributed by atoms with Gasteiger partial charge in [-0.1, -0.05) is 69.9 Å². The van der Waals surface area contributed by atoms with Crippen LogP contribution in [0.2, 0.25) is 0 Å². The van der Waals surface area contributed by atoms with Crippen LogP contribution < -0.4 is 0 Å². The van der Waals surface area contributed by atoms with Crippen molar-refractivity contribution in [3.63, 3.8) is 0 Å². The number of nitrogens with zero attached hydrogens (tertiary/aromatic N) is 1. The molecule has 1 saturated carbocycles. The molecule has 1 aromatic rings. The first-order valence-corrected chi connectivity index (χ1v) is 10.2. The van der Waals surface area contributed by atoms with Crippen molar-refractivity contribution in [2.45, 2.75) is 70.6 Å². The minimum absolute atomic E-state index is 0.0119. The molecular formula is C22H35NO2. The fourth-order valence-electron chi connectivity index (χ4n) is 3.85. The van der Waals surface area contributed by atoms with Gasteiger partial charge in [0.15, 0.2) is 0 Å². The van der Waals surface area contributed by atoms with Gasteiger partial charge in [-0.3, -0.25) is 9.69 Å². The lowest BCUT2D eigenvalue weighted by Gasteiger charge is -2.28. The van der Waals surface area contributed by atoms with E-state index in [2.05, 4.69) is 30.9 Å². The monoisotopic (exact) mass is 345 g/mol. The van der Waals surface area contributed by atoms with E-state index in [1.165, 1.54) is 25.7 Å². The molecule has 2 rings (SSSR count). The molecule has 3 heteroatoms. The fourth-order valence-corrected chi connectivity index (χ4v) is 3.85. The molecule has 25 heavy (non-hydrogen) atoms. The lowest BCUT2D eigenvalue weighted by atomic mass is 9.79. The van der Waals surface area contributed by atoms with E-state index in [1.54, 1.807) is 0 Å². The molecule has 1 aromatic carbocycles. The first-order chi connectivity index (χ1) is 12.2. The Morgan fingerprint density at radius 3 is 2.16 bits per heavy atom. The number of rotatable bonds is 11. The number of benzene rings is 1. The number of hydrogen-bond acceptors (Lipinski definition) is 3. The maximum absolute atomic E-state index is 12.9. The van der Waals surface area contributed by atoms with Crippen molar-refractivity contribution < 1.29 is 9.53 Å². The summed E-state index contributed by atoms with van der Waals surface area (Å²) in [6.45, 7) is 8.04. The van der Waals surface area contributed by atoms with E-state index >= 15 is 0 Å². The Labute approximate surface area is 153 Å². The maximum atomic E-state index is 12.9. The molecule has 0 atom stereocenters. The summed E-state index contributed by atoms with van der Waals surface area (Å²) in [6.07, 6.45) is 8.92. The second-order valence-corrected chi connectivity index (χ2v) is 7.34. The molecule has 0 aliphatic heterocycles. The molecule has 1 aliphatic carbocycles. The van der Waals surface area contributed by atoms with Crippen LogP contribution in [0.5, 0.6) is 0 Å². The van der Waals surface area contributed by atoms with Crippen molar-refractivity contribution in [1.82, 2.24) is 4.90 Å². The molecule has 0 unspecified atom stereocenters. The summed E-state index contributed by atoms with van der Waals surface area (Å²) in [6, 6.07) is 10.2. The highest BCUT2D eigenvalue weighted by molar-refractivity contribution is 5.83. The highest BCUT2D eigenvalue weighted by Gasteiger charge is 2.44. The first kappa shape index (κ1) is 20.0. The van der Waals surface area contributed by atoms with Crippen molar-refractivity contribution in [1.29, 1.82) is 0 Å². The zero-order chi connectivity index (χ0) is 18.0. The van der Waals surface area contributed by atoms with Gasteiger partial charge in [0.25, 0.3) is 0 Å². The van der Waals surface area contributed by atoms with Gasteiger partial charge in [0.1, 0.15) is 6.61 Å². The molecule has 1 aliphatic rings. The number of carbonyl (C=O) groups excluding carboxylic acids is 1. The van der Waals surface area contributed by atoms with Crippen molar-refractivity contribution >= 4 is 5.97 Å². The molecule has 0 N–H and O–H groups in total. The zero-order valence-corrected chi connectivity index (χ0v) is 16.1. The normalized spacial score (nSPS) is 16.3. The predicted molar refractivity (Wildman–Crippen MR) is 104 cm³/mol. The summed E-state index contributed by atoms with van der Waals surface area (Å²) >= 11 is 0. The van der Waals surface area contributed by atoms with Crippen LogP contribution in [0, 0.1) is 0 Å². The van der Waals surface area contributed by atoms with Gasteiger partial charge in [-0.25, -0.2) is 0 Å². The van der Waals surface area contributed by atoms with Gasteiger partial charge in [0, 0.05) is 6.54 Å². The highest BCUT2D eigenvalue weighted by Crippen LogP contribution is 2.42. The van der Waals surface area contributed by atoms with E-state index in [0.717, 1.165) is 50.9 Å². The summed E-state index contributed by atoms with van der Waals surface area (Å²) in [4.78, 5) is 15.4. The van der Waals surface area contributed by atoms with Crippen LogP contribution in [0.25, 0.3) is 0 Å². The summed E-state index contributed by atoms with van der Waals surface area (Å²) < 4.78 is 5.79. The van der Waals surface area contributed by atoms with Crippen LogP contribution in [0.1, 0.15) is 70.8 Å². The van der Waals surface area contributed by atoms with Crippen molar-refractivity contribution in [2.24, 2.45) is 0 Å². The van der Waals surface area contributed by atoms with Crippen molar-refractivity contribution in [3.8, 4) is 0 Å². The van der Waals surface area contributed by atoms with Gasteiger partial charge in [-0.05, 0) is 44.3 Å². The fraction of sp³-hybridized carbons (Fsp3) is 0.682. The van der Waals surface area contributed by atoms with Gasteiger partial charge < -0.3 is 4.74 Å². The lowest BCUT2D eigenvalue weighted by Crippen LogP contribution is -2.37. The second kappa shape index (κ2) is 10.6. The Morgan fingerprint density at radius 2 is 1.60 bits per heavy atom. The average Bonchev–Trinajstić information content (AvgIpc) is 3.15. The molecule has 1 fully saturated rings. The number of ether oxygens (including phenoxy) is 1. The zero-order valence-electron chi connectivity index (χ0n) is 16.1. The van der Waals surface area contributed by atoms with E-state index in [-0.39, 0.29) is 5.97 Å². The predicted octanol–water partition coefficient (Wildman–Crippen LogP) is 4.94. The van der Waals surface area contributed by atoms with Crippen molar-refractivity contribution in [3.05, 3.63) is 35.9 Å². The van der Waals surface area contributed by atoms with E-state index in [9.17, 15) is 4.79 Å². The molecule has 0 heterocycles. The minimum Gasteiger partial charge on any atom is -0.464 e. The first-order valence-electron chi connectivity index (χ1n) is 10.2. The SMILES string of the molecule is CCCCN(CCCC)CCOC(=O)C1(c2ccccc2)CCCC1. The number of unbranched alkanes of at least 4 members (excludes halogenated alkanes) is 2. The minimum atomic E-state index is -0.404. The van der Waals surface area contributed by atoms with E-state index < -0.39 is 5.41 Å². The van der Waals surface area contributed by atoms with E-state index in [1.807, 2.05) is 18.2 Å². The third kappa shape index (κ3) is 5.57. The highest BCUT2D eigenvalue weighted by atomic mass is 16.5. The largest absolute Gasteiger partial charge is 0.464 e. The van der Waals surface area contributed by atoms with E-state index in [4.69, 9.17) is 4.74 Å². The smallest absolute Gasteiger partial charge is 0.316 e. The standard InChI is InChI=1S/C22H35NO2/c1-3-5-16-23(17-6-4-2)18-19-25-21(24)22(14-10-11-15-22)20-12-8-7-9-13-20/h7-9,12-13H,3-6,10-11,14-19H2,1-2H3. The van der Waals surface area contributed by atoms with Crippen LogP contribution in [-0.4, -0.2) is 37.1 Å². The van der Waals surface area contributed by atoms with Gasteiger partial charge >= 0.3 is 5.97 Å². The molecule has 0 saturated heterocycles. The Hall–Kier alpha value is -1.35. The Balaban J connectivity index is 1.90. The summed E-state index contributed by atoms with van der Waals surface area (Å²) in [5, 5.41) is 0. The molecule has 0 spiro atoms. The summed E-state index contributed by atoms with van der Waals surface area (Å²) in [5.74, 6) is -0.0119. The molecule has 140 valence electrons. The second-order valence-electron chi connectivity index (χ2n) is 7.34. The third-order valence-corrected chi connectivity index (χ3v) is 5.47. The Morgan fingerprint density at radius 1 is 1.00 bits per heavy atom. The quantitative estimate of drug-likeness (QED) is 0.532. The molecule has 0 bridgehead atoms. The lowest BCUT2D eigenvalue weighted by molar-refractivity contribution is -0.151. The van der Waals surface area contributed by atoms with Crippen LogP contribution in [0.4, 0.5) is 0 Å². The summed E-state index contributed by atoms with van der Waals surface area (Å²) in [7, 11) is 0. The Kier molecular flexibility index (Phi) is 8.47. The topological polar surface area (TPSA) is 29.5 Å². The van der Waals surface area contributed by atoms with Crippen molar-refractivity contribution in [2.75, 3.05) is 26.2 Å². The molecule has 0 aromatic heterocycles. The van der Waals surface area contributed by atoms with E-state index in [0.29, 0.717) is 6.61 Å². The third-order valence-electron chi connectivity index (χ3n) is 5.47. The molecule has 0 amide bonds. The summed E-state index contributed by atoms with van der Waals surface area (Å²) in [5.41, 5.74) is 0.727. The van der Waals surface area contributed by atoms with Crippen LogP contribution in [0.3, 0.4) is 0 Å². The number of hydrogen-bond donors (Lipinski definition) is 0.